The van der Waals surface area contributed by atoms with Gasteiger partial charge in [-0.3, -0.25) is 0 Å². The fourth-order valence-electron chi connectivity index (χ4n) is 1.03. The van der Waals surface area contributed by atoms with Gasteiger partial charge in [-0.1, -0.05) is 0 Å². The second kappa shape index (κ2) is 3.83. The van der Waals surface area contributed by atoms with E-state index in [1.165, 1.54) is 25.6 Å². The predicted octanol–water partition coefficient (Wildman–Crippen LogP) is 1.97. The van der Waals surface area contributed by atoms with Gasteiger partial charge in [-0.25, -0.2) is 0 Å². The topological polar surface area (TPSA) is 25.2 Å². The first kappa shape index (κ1) is 10.1. The molecule has 74 valence electrons. The van der Waals surface area contributed by atoms with Gasteiger partial charge in [0, 0.05) is 0 Å². The minimum absolute atomic E-state index is 0.101. The molecule has 1 N–H and O–H groups in total. The van der Waals surface area contributed by atoms with E-state index >= 15 is 0 Å². The third kappa shape index (κ3) is 2.77. The summed E-state index contributed by atoms with van der Waals surface area (Å²) in [5, 5.41) is 2.21. The standard InChI is InChI=1S/C8H10F3NO/c1-12-7(8(9,10)11)4-6-2-3-13-5-6/h2-3,5,7,12H,4H2,1H3. The van der Waals surface area contributed by atoms with Crippen molar-refractivity contribution in [3.8, 4) is 0 Å². The van der Waals surface area contributed by atoms with E-state index in [9.17, 15) is 13.2 Å². The average molecular weight is 193 g/mol. The quantitative estimate of drug-likeness (QED) is 0.793. The summed E-state index contributed by atoms with van der Waals surface area (Å²) < 4.78 is 41.3. The molecule has 1 rings (SSSR count). The molecule has 0 amide bonds. The van der Waals surface area contributed by atoms with Crippen LogP contribution in [0, 0.1) is 0 Å². The number of hydrogen-bond donors (Lipinski definition) is 1. The van der Waals surface area contributed by atoms with E-state index in [0.29, 0.717) is 5.56 Å². The van der Waals surface area contributed by atoms with Crippen LogP contribution in [0.2, 0.25) is 0 Å². The van der Waals surface area contributed by atoms with E-state index in [0.717, 1.165) is 0 Å². The zero-order chi connectivity index (χ0) is 9.90. The largest absolute Gasteiger partial charge is 0.472 e. The van der Waals surface area contributed by atoms with Crippen molar-refractivity contribution in [2.75, 3.05) is 7.05 Å². The Hall–Kier alpha value is -0.970. The summed E-state index contributed by atoms with van der Waals surface area (Å²) in [4.78, 5) is 0. The third-order valence-corrected chi connectivity index (χ3v) is 1.76. The van der Waals surface area contributed by atoms with Crippen molar-refractivity contribution in [2.24, 2.45) is 0 Å². The van der Waals surface area contributed by atoms with E-state index in [4.69, 9.17) is 0 Å². The molecule has 0 fully saturated rings. The fourth-order valence-corrected chi connectivity index (χ4v) is 1.03. The molecular weight excluding hydrogens is 183 g/mol. The average Bonchev–Trinajstić information content (AvgIpc) is 2.49. The normalized spacial score (nSPS) is 14.5. The summed E-state index contributed by atoms with van der Waals surface area (Å²) >= 11 is 0. The van der Waals surface area contributed by atoms with Gasteiger partial charge in [-0.15, -0.1) is 0 Å². The maximum absolute atomic E-state index is 12.2. The van der Waals surface area contributed by atoms with E-state index in [1.807, 2.05) is 0 Å². The molecule has 0 bridgehead atoms. The number of hydrogen-bond acceptors (Lipinski definition) is 2. The second-order valence-corrected chi connectivity index (χ2v) is 2.72. The number of likely N-dealkylation sites (N-methyl/N-ethyl adjacent to an activating group) is 1. The van der Waals surface area contributed by atoms with Crippen molar-refractivity contribution in [1.29, 1.82) is 0 Å². The molecule has 1 aromatic rings. The van der Waals surface area contributed by atoms with Crippen LogP contribution < -0.4 is 5.32 Å². The van der Waals surface area contributed by atoms with Gasteiger partial charge in [0.05, 0.1) is 12.5 Å². The van der Waals surface area contributed by atoms with Crippen LogP contribution in [0.4, 0.5) is 13.2 Å². The Morgan fingerprint density at radius 2 is 2.23 bits per heavy atom. The van der Waals surface area contributed by atoms with E-state index in [-0.39, 0.29) is 6.42 Å². The van der Waals surface area contributed by atoms with Crippen molar-refractivity contribution in [3.05, 3.63) is 24.2 Å². The smallest absolute Gasteiger partial charge is 0.404 e. The molecule has 1 heterocycles. The lowest BCUT2D eigenvalue weighted by atomic mass is 10.1. The number of halogens is 3. The summed E-state index contributed by atoms with van der Waals surface area (Å²) in [6, 6.07) is 0.0147. The highest BCUT2D eigenvalue weighted by Crippen LogP contribution is 2.22. The van der Waals surface area contributed by atoms with Gasteiger partial charge >= 0.3 is 6.18 Å². The van der Waals surface area contributed by atoms with E-state index < -0.39 is 12.2 Å². The Morgan fingerprint density at radius 1 is 1.54 bits per heavy atom. The molecule has 2 nitrogen and oxygen atoms in total. The first-order valence-corrected chi connectivity index (χ1v) is 3.79. The Kier molecular flexibility index (Phi) is 2.98. The van der Waals surface area contributed by atoms with E-state index in [2.05, 4.69) is 9.73 Å². The van der Waals surface area contributed by atoms with Crippen LogP contribution in [0.25, 0.3) is 0 Å². The molecule has 0 radical (unpaired) electrons. The maximum atomic E-state index is 12.2. The fraction of sp³-hybridized carbons (Fsp3) is 0.500. The lowest BCUT2D eigenvalue weighted by Gasteiger charge is -2.18. The summed E-state index contributed by atoms with van der Waals surface area (Å²) in [5.74, 6) is 0. The number of furan rings is 1. The van der Waals surface area contributed by atoms with Gasteiger partial charge in [-0.05, 0) is 25.1 Å². The van der Waals surface area contributed by atoms with Crippen LogP contribution in [0.5, 0.6) is 0 Å². The Morgan fingerprint density at radius 3 is 2.62 bits per heavy atom. The first-order chi connectivity index (χ1) is 6.04. The van der Waals surface area contributed by atoms with Crippen LogP contribution >= 0.6 is 0 Å². The zero-order valence-corrected chi connectivity index (χ0v) is 7.06. The molecular formula is C8H10F3NO. The van der Waals surface area contributed by atoms with Crippen molar-refractivity contribution in [3.63, 3.8) is 0 Å². The molecule has 0 aromatic carbocycles. The molecule has 0 aliphatic carbocycles. The molecule has 0 saturated heterocycles. The number of alkyl halides is 3. The van der Waals surface area contributed by atoms with E-state index in [1.54, 1.807) is 0 Å². The lowest BCUT2D eigenvalue weighted by Crippen LogP contribution is -2.41. The monoisotopic (exact) mass is 193 g/mol. The Balaban J connectivity index is 2.60. The molecule has 0 aliphatic heterocycles. The highest BCUT2D eigenvalue weighted by molar-refractivity contribution is 5.08. The Labute approximate surface area is 73.7 Å². The maximum Gasteiger partial charge on any atom is 0.404 e. The summed E-state index contributed by atoms with van der Waals surface area (Å²) in [5.41, 5.74) is 0.539. The molecule has 1 atom stereocenters. The highest BCUT2D eigenvalue weighted by Gasteiger charge is 2.38. The summed E-state index contributed by atoms with van der Waals surface area (Å²) in [6.07, 6.45) is -1.64. The molecule has 0 spiro atoms. The lowest BCUT2D eigenvalue weighted by molar-refractivity contribution is -0.154. The van der Waals surface area contributed by atoms with Crippen molar-refractivity contribution < 1.29 is 17.6 Å². The number of nitrogens with one attached hydrogen (secondary N) is 1. The predicted molar refractivity (Wildman–Crippen MR) is 41.3 cm³/mol. The first-order valence-electron chi connectivity index (χ1n) is 3.79. The molecule has 0 aliphatic rings. The number of rotatable bonds is 3. The minimum atomic E-state index is -4.22. The summed E-state index contributed by atoms with van der Waals surface area (Å²) in [6.45, 7) is 0. The van der Waals surface area contributed by atoms with Gasteiger partial charge < -0.3 is 9.73 Å². The van der Waals surface area contributed by atoms with Gasteiger partial charge in [0.1, 0.15) is 6.04 Å². The Bertz CT molecular complexity index is 242. The molecule has 1 unspecified atom stereocenters. The zero-order valence-electron chi connectivity index (χ0n) is 7.06. The molecule has 1 aromatic heterocycles. The molecule has 13 heavy (non-hydrogen) atoms. The minimum Gasteiger partial charge on any atom is -0.472 e. The molecule has 0 saturated carbocycles. The highest BCUT2D eigenvalue weighted by atomic mass is 19.4. The van der Waals surface area contributed by atoms with Gasteiger partial charge in [0.2, 0.25) is 0 Å². The van der Waals surface area contributed by atoms with Gasteiger partial charge in [-0.2, -0.15) is 13.2 Å². The van der Waals surface area contributed by atoms with Crippen molar-refractivity contribution in [1.82, 2.24) is 5.32 Å². The van der Waals surface area contributed by atoms with Crippen LogP contribution in [-0.2, 0) is 6.42 Å². The van der Waals surface area contributed by atoms with Gasteiger partial charge in [0.15, 0.2) is 0 Å². The van der Waals surface area contributed by atoms with Crippen LogP contribution in [-0.4, -0.2) is 19.3 Å². The third-order valence-electron chi connectivity index (χ3n) is 1.76. The second-order valence-electron chi connectivity index (χ2n) is 2.72. The van der Waals surface area contributed by atoms with Crippen LogP contribution in [0.3, 0.4) is 0 Å². The SMILES string of the molecule is CNC(Cc1ccoc1)C(F)(F)F. The van der Waals surface area contributed by atoms with Crippen LogP contribution in [0.15, 0.2) is 23.0 Å². The van der Waals surface area contributed by atoms with Crippen molar-refractivity contribution in [2.45, 2.75) is 18.6 Å². The van der Waals surface area contributed by atoms with Crippen molar-refractivity contribution >= 4 is 0 Å². The van der Waals surface area contributed by atoms with Gasteiger partial charge in [0.25, 0.3) is 0 Å². The summed E-state index contributed by atoms with van der Waals surface area (Å²) in [7, 11) is 1.29. The molecule has 5 heteroatoms. The van der Waals surface area contributed by atoms with Crippen LogP contribution in [0.1, 0.15) is 5.56 Å².